The molecule has 0 radical (unpaired) electrons. The third-order valence-electron chi connectivity index (χ3n) is 2.55. The fourth-order valence-electron chi connectivity index (χ4n) is 1.80. The Labute approximate surface area is 101 Å². The standard InChI is InChI=1S/C10H11N7O/c1-6-12-8(13-7-4-11-16(2)5-7)3-9-14-15-10(18)17(6)9/h3-5,13H,1-2H3,(H,15,18). The van der Waals surface area contributed by atoms with E-state index < -0.39 is 0 Å². The zero-order valence-electron chi connectivity index (χ0n) is 9.88. The summed E-state index contributed by atoms with van der Waals surface area (Å²) in [4.78, 5) is 15.7. The first-order chi connectivity index (χ1) is 8.63. The maximum absolute atomic E-state index is 11.4. The van der Waals surface area contributed by atoms with Gasteiger partial charge in [-0.25, -0.2) is 19.3 Å². The van der Waals surface area contributed by atoms with Gasteiger partial charge >= 0.3 is 5.69 Å². The molecule has 0 aliphatic rings. The molecule has 3 rings (SSSR count). The van der Waals surface area contributed by atoms with E-state index in [0.29, 0.717) is 17.3 Å². The highest BCUT2D eigenvalue weighted by molar-refractivity contribution is 5.58. The highest BCUT2D eigenvalue weighted by atomic mass is 16.1. The van der Waals surface area contributed by atoms with Gasteiger partial charge < -0.3 is 5.32 Å². The van der Waals surface area contributed by atoms with E-state index in [0.717, 1.165) is 5.69 Å². The van der Waals surface area contributed by atoms with Gasteiger partial charge in [0.15, 0.2) is 5.65 Å². The molecule has 0 spiro atoms. The van der Waals surface area contributed by atoms with Gasteiger partial charge in [-0.3, -0.25) is 4.68 Å². The Kier molecular flexibility index (Phi) is 2.15. The first-order valence-electron chi connectivity index (χ1n) is 5.34. The monoisotopic (exact) mass is 245 g/mol. The number of anilines is 2. The van der Waals surface area contributed by atoms with E-state index in [9.17, 15) is 4.79 Å². The van der Waals surface area contributed by atoms with Crippen LogP contribution in [0.25, 0.3) is 5.65 Å². The fourth-order valence-corrected chi connectivity index (χ4v) is 1.80. The van der Waals surface area contributed by atoms with E-state index in [2.05, 4.69) is 25.6 Å². The fraction of sp³-hybridized carbons (Fsp3) is 0.200. The molecule has 0 amide bonds. The van der Waals surface area contributed by atoms with E-state index in [1.807, 2.05) is 13.2 Å². The first-order valence-corrected chi connectivity index (χ1v) is 5.34. The van der Waals surface area contributed by atoms with E-state index in [1.165, 1.54) is 4.40 Å². The molecule has 8 heteroatoms. The van der Waals surface area contributed by atoms with Crippen molar-refractivity contribution in [2.75, 3.05) is 5.32 Å². The number of nitrogens with one attached hydrogen (secondary N) is 2. The van der Waals surface area contributed by atoms with Gasteiger partial charge in [-0.15, -0.1) is 0 Å². The highest BCUT2D eigenvalue weighted by Gasteiger charge is 2.07. The van der Waals surface area contributed by atoms with Gasteiger partial charge in [0.05, 0.1) is 11.9 Å². The number of aromatic amines is 1. The zero-order valence-corrected chi connectivity index (χ0v) is 9.88. The average Bonchev–Trinajstić information content (AvgIpc) is 2.86. The van der Waals surface area contributed by atoms with E-state index in [4.69, 9.17) is 0 Å². The SMILES string of the molecule is Cc1nc(Nc2cnn(C)c2)cc2n[nH]c(=O)n12. The number of hydrogen-bond donors (Lipinski definition) is 2. The molecule has 0 aromatic carbocycles. The maximum Gasteiger partial charge on any atom is 0.349 e. The van der Waals surface area contributed by atoms with E-state index >= 15 is 0 Å². The lowest BCUT2D eigenvalue weighted by Crippen LogP contribution is -2.13. The summed E-state index contributed by atoms with van der Waals surface area (Å²) >= 11 is 0. The zero-order chi connectivity index (χ0) is 12.7. The van der Waals surface area contributed by atoms with Gasteiger partial charge in [-0.05, 0) is 6.92 Å². The number of aromatic nitrogens is 6. The van der Waals surface area contributed by atoms with Crippen LogP contribution in [0.5, 0.6) is 0 Å². The number of nitrogens with zero attached hydrogens (tertiary/aromatic N) is 5. The normalized spacial score (nSPS) is 11.0. The smallest absolute Gasteiger partial charge is 0.337 e. The number of hydrogen-bond acceptors (Lipinski definition) is 5. The molecular weight excluding hydrogens is 234 g/mol. The summed E-state index contributed by atoms with van der Waals surface area (Å²) in [5.41, 5.74) is 1.06. The Balaban J connectivity index is 2.05. The Morgan fingerprint density at radius 1 is 1.44 bits per heavy atom. The second-order valence-corrected chi connectivity index (χ2v) is 3.94. The predicted molar refractivity (Wildman–Crippen MR) is 64.8 cm³/mol. The summed E-state index contributed by atoms with van der Waals surface area (Å²) in [6, 6.07) is 1.69. The van der Waals surface area contributed by atoms with E-state index in [-0.39, 0.29) is 5.69 Å². The molecule has 92 valence electrons. The second kappa shape index (κ2) is 3.69. The Morgan fingerprint density at radius 2 is 2.28 bits per heavy atom. The summed E-state index contributed by atoms with van der Waals surface area (Å²) in [5.74, 6) is 1.18. The largest absolute Gasteiger partial charge is 0.349 e. The van der Waals surface area contributed by atoms with Gasteiger partial charge in [0, 0.05) is 19.3 Å². The van der Waals surface area contributed by atoms with Crippen LogP contribution in [0.4, 0.5) is 11.5 Å². The van der Waals surface area contributed by atoms with Crippen LogP contribution in [-0.4, -0.2) is 29.4 Å². The van der Waals surface area contributed by atoms with Crippen LogP contribution in [-0.2, 0) is 7.05 Å². The molecule has 0 saturated heterocycles. The topological polar surface area (TPSA) is 92.9 Å². The van der Waals surface area contributed by atoms with Crippen LogP contribution in [0.2, 0.25) is 0 Å². The van der Waals surface area contributed by atoms with Gasteiger partial charge in [-0.1, -0.05) is 0 Å². The molecule has 3 aromatic rings. The molecule has 3 aromatic heterocycles. The van der Waals surface area contributed by atoms with Gasteiger partial charge in [0.2, 0.25) is 0 Å². The number of aryl methyl sites for hydroxylation is 2. The average molecular weight is 245 g/mol. The Morgan fingerprint density at radius 3 is 3.00 bits per heavy atom. The molecule has 8 nitrogen and oxygen atoms in total. The molecule has 0 aliphatic carbocycles. The lowest BCUT2D eigenvalue weighted by Gasteiger charge is -2.04. The molecule has 0 bridgehead atoms. The van der Waals surface area contributed by atoms with Crippen LogP contribution >= 0.6 is 0 Å². The van der Waals surface area contributed by atoms with Crippen LogP contribution in [0.15, 0.2) is 23.3 Å². The van der Waals surface area contributed by atoms with Crippen molar-refractivity contribution >= 4 is 17.2 Å². The van der Waals surface area contributed by atoms with Crippen molar-refractivity contribution in [2.45, 2.75) is 6.92 Å². The Hall–Kier alpha value is -2.64. The minimum Gasteiger partial charge on any atom is -0.337 e. The number of fused-ring (bicyclic) bond motifs is 1. The lowest BCUT2D eigenvalue weighted by atomic mass is 10.4. The summed E-state index contributed by atoms with van der Waals surface area (Å²) < 4.78 is 3.10. The lowest BCUT2D eigenvalue weighted by molar-refractivity contribution is 0.768. The van der Waals surface area contributed by atoms with Gasteiger partial charge in [0.1, 0.15) is 11.6 Å². The summed E-state index contributed by atoms with van der Waals surface area (Å²) in [6.45, 7) is 1.75. The van der Waals surface area contributed by atoms with E-state index in [1.54, 1.807) is 23.9 Å². The van der Waals surface area contributed by atoms with Crippen LogP contribution in [0, 0.1) is 6.92 Å². The molecule has 2 N–H and O–H groups in total. The molecule has 0 unspecified atom stereocenters. The Bertz CT molecular complexity index is 766. The van der Waals surface area contributed by atoms with Crippen LogP contribution in [0.3, 0.4) is 0 Å². The molecular formula is C10H11N7O. The summed E-state index contributed by atoms with van der Waals surface area (Å²) in [5, 5.41) is 13.5. The minimum atomic E-state index is -0.289. The third kappa shape index (κ3) is 1.63. The first kappa shape index (κ1) is 10.5. The maximum atomic E-state index is 11.4. The van der Waals surface area contributed by atoms with Gasteiger partial charge in [0.25, 0.3) is 0 Å². The quantitative estimate of drug-likeness (QED) is 0.673. The number of rotatable bonds is 2. The molecule has 0 aliphatic heterocycles. The molecule has 3 heterocycles. The molecule has 18 heavy (non-hydrogen) atoms. The third-order valence-corrected chi connectivity index (χ3v) is 2.55. The predicted octanol–water partition coefficient (Wildman–Crippen LogP) is 0.203. The molecule has 0 atom stereocenters. The molecule has 0 fully saturated rings. The second-order valence-electron chi connectivity index (χ2n) is 3.94. The van der Waals surface area contributed by atoms with Crippen molar-refractivity contribution in [1.82, 2.24) is 29.4 Å². The number of H-pyrrole nitrogens is 1. The van der Waals surface area contributed by atoms with Crippen LogP contribution < -0.4 is 11.0 Å². The molecule has 0 saturated carbocycles. The van der Waals surface area contributed by atoms with Crippen molar-refractivity contribution in [1.29, 1.82) is 0 Å². The van der Waals surface area contributed by atoms with Gasteiger partial charge in [-0.2, -0.15) is 10.2 Å². The highest BCUT2D eigenvalue weighted by Crippen LogP contribution is 2.14. The van der Waals surface area contributed by atoms with Crippen molar-refractivity contribution in [3.05, 3.63) is 34.8 Å². The summed E-state index contributed by atoms with van der Waals surface area (Å²) in [6.07, 6.45) is 3.52. The van der Waals surface area contributed by atoms with Crippen molar-refractivity contribution < 1.29 is 0 Å². The summed E-state index contributed by atoms with van der Waals surface area (Å²) in [7, 11) is 1.83. The van der Waals surface area contributed by atoms with Crippen molar-refractivity contribution in [3.8, 4) is 0 Å². The van der Waals surface area contributed by atoms with Crippen LogP contribution in [0.1, 0.15) is 5.82 Å². The van der Waals surface area contributed by atoms with Crippen molar-refractivity contribution in [2.24, 2.45) is 7.05 Å². The minimum absolute atomic E-state index is 0.289. The van der Waals surface area contributed by atoms with Crippen molar-refractivity contribution in [3.63, 3.8) is 0 Å².